The van der Waals surface area contributed by atoms with Gasteiger partial charge in [0.1, 0.15) is 0 Å². The second-order valence-electron chi connectivity index (χ2n) is 2.95. The maximum atomic E-state index is 2.18. The molecule has 0 radical (unpaired) electrons. The van der Waals surface area contributed by atoms with Crippen molar-refractivity contribution in [3.05, 3.63) is 12.4 Å². The molecule has 66 valence electrons. The molecule has 0 saturated heterocycles. The minimum Gasteiger partial charge on any atom is -0.362 e. The molecule has 0 fully saturated rings. The van der Waals surface area contributed by atoms with Gasteiger partial charge in [0, 0.05) is 26.5 Å². The summed E-state index contributed by atoms with van der Waals surface area (Å²) >= 11 is 0. The highest BCUT2D eigenvalue weighted by Crippen LogP contribution is 1.97. The van der Waals surface area contributed by atoms with Crippen LogP contribution < -0.4 is 0 Å². The van der Waals surface area contributed by atoms with Crippen LogP contribution in [-0.4, -0.2) is 30.6 Å². The van der Waals surface area contributed by atoms with E-state index in [9.17, 15) is 0 Å². The van der Waals surface area contributed by atoms with Gasteiger partial charge in [0.2, 0.25) is 0 Å². The van der Waals surface area contributed by atoms with Crippen molar-refractivity contribution in [1.29, 1.82) is 0 Å². The maximum absolute atomic E-state index is 2.18. The van der Waals surface area contributed by atoms with Gasteiger partial charge in [-0.2, -0.15) is 0 Å². The summed E-state index contributed by atoms with van der Waals surface area (Å²) in [6.07, 6.45) is 6.75. The Morgan fingerprint density at radius 1 is 1.00 bits per heavy atom. The third kappa shape index (κ3) is 5.77. The molecule has 0 aliphatic carbocycles. The first-order valence-corrected chi connectivity index (χ1v) is 4.29. The zero-order valence-corrected chi connectivity index (χ0v) is 8.17. The molecule has 0 atom stereocenters. The number of nitrogens with zero attached hydrogens (tertiary/aromatic N) is 2. The summed E-state index contributed by atoms with van der Waals surface area (Å²) in [5.41, 5.74) is 0. The monoisotopic (exact) mass is 156 g/mol. The van der Waals surface area contributed by atoms with Crippen molar-refractivity contribution in [2.24, 2.45) is 0 Å². The lowest BCUT2D eigenvalue weighted by molar-refractivity contribution is 0.340. The van der Waals surface area contributed by atoms with Gasteiger partial charge in [-0.3, -0.25) is 0 Å². The van der Waals surface area contributed by atoms with Gasteiger partial charge >= 0.3 is 0 Å². The van der Waals surface area contributed by atoms with Crippen LogP contribution in [0.15, 0.2) is 12.4 Å². The van der Waals surface area contributed by atoms with Gasteiger partial charge < -0.3 is 9.80 Å². The number of rotatable bonds is 1. The Balaban J connectivity index is 0.000000218. The van der Waals surface area contributed by atoms with E-state index in [1.54, 1.807) is 0 Å². The molecule has 2 nitrogen and oxygen atoms in total. The average Bonchev–Trinajstić information content (AvgIpc) is 2.35. The molecule has 1 aliphatic rings. The zero-order valence-electron chi connectivity index (χ0n) is 8.17. The van der Waals surface area contributed by atoms with E-state index in [1.165, 1.54) is 12.8 Å². The van der Waals surface area contributed by atoms with Crippen LogP contribution in [0.5, 0.6) is 0 Å². The van der Waals surface area contributed by atoms with Crippen molar-refractivity contribution in [1.82, 2.24) is 9.80 Å². The lowest BCUT2D eigenvalue weighted by Gasteiger charge is -2.10. The molecule has 0 bridgehead atoms. The summed E-state index contributed by atoms with van der Waals surface area (Å²) in [7, 11) is 4.11. The van der Waals surface area contributed by atoms with E-state index in [0.717, 1.165) is 6.67 Å². The summed E-state index contributed by atoms with van der Waals surface area (Å²) in [4.78, 5) is 4.25. The first-order chi connectivity index (χ1) is 5.20. The molecule has 0 N–H and O–H groups in total. The van der Waals surface area contributed by atoms with Gasteiger partial charge in [0.25, 0.3) is 0 Å². The summed E-state index contributed by atoms with van der Waals surface area (Å²) in [5, 5.41) is 0. The van der Waals surface area contributed by atoms with E-state index in [4.69, 9.17) is 0 Å². The molecule has 0 aromatic rings. The fourth-order valence-corrected chi connectivity index (χ4v) is 0.674. The van der Waals surface area contributed by atoms with Crippen molar-refractivity contribution < 1.29 is 0 Å². The standard InChI is InChI=1S/C5H10N2.C4H10/c1-6-3-4-7(2)5-6;1-3-4-2/h3-4H,5H2,1-2H3;3-4H2,1-2H3. The highest BCUT2D eigenvalue weighted by molar-refractivity contribution is 4.85. The van der Waals surface area contributed by atoms with Crippen LogP contribution in [-0.2, 0) is 0 Å². The van der Waals surface area contributed by atoms with Crippen LogP contribution in [0, 0.1) is 0 Å². The lowest BCUT2D eigenvalue weighted by Crippen LogP contribution is -2.17. The first kappa shape index (κ1) is 10.3. The summed E-state index contributed by atoms with van der Waals surface area (Å²) < 4.78 is 0. The van der Waals surface area contributed by atoms with E-state index in [1.807, 2.05) is 0 Å². The Hall–Kier alpha value is -0.660. The Kier molecular flexibility index (Phi) is 5.71. The molecule has 0 amide bonds. The molecule has 0 aromatic heterocycles. The molecule has 2 heteroatoms. The molecule has 1 rings (SSSR count). The molecule has 0 spiro atoms. The van der Waals surface area contributed by atoms with Gasteiger partial charge in [-0.25, -0.2) is 0 Å². The van der Waals surface area contributed by atoms with Crippen LogP contribution in [0.1, 0.15) is 26.7 Å². The van der Waals surface area contributed by atoms with Gasteiger partial charge in [0.05, 0.1) is 6.67 Å². The number of hydrogen-bond acceptors (Lipinski definition) is 2. The summed E-state index contributed by atoms with van der Waals surface area (Å²) in [6.45, 7) is 5.39. The van der Waals surface area contributed by atoms with E-state index in [-0.39, 0.29) is 0 Å². The van der Waals surface area contributed by atoms with Gasteiger partial charge in [-0.05, 0) is 0 Å². The predicted octanol–water partition coefficient (Wildman–Crippen LogP) is 2.10. The SMILES string of the molecule is CCCC.CN1C=CN(C)C1. The topological polar surface area (TPSA) is 6.48 Å². The van der Waals surface area contributed by atoms with Crippen molar-refractivity contribution >= 4 is 0 Å². The predicted molar refractivity (Wildman–Crippen MR) is 50.1 cm³/mol. The van der Waals surface area contributed by atoms with Crippen molar-refractivity contribution in [3.63, 3.8) is 0 Å². The van der Waals surface area contributed by atoms with Crippen LogP contribution in [0.4, 0.5) is 0 Å². The van der Waals surface area contributed by atoms with Crippen molar-refractivity contribution in [3.8, 4) is 0 Å². The fourth-order valence-electron chi connectivity index (χ4n) is 0.674. The molecular formula is C9H20N2. The maximum Gasteiger partial charge on any atom is 0.0887 e. The third-order valence-electron chi connectivity index (χ3n) is 1.52. The molecular weight excluding hydrogens is 136 g/mol. The van der Waals surface area contributed by atoms with Gasteiger partial charge in [-0.15, -0.1) is 0 Å². The number of unbranched alkanes of at least 4 members (excludes halogenated alkanes) is 1. The average molecular weight is 156 g/mol. The molecule has 0 aromatic carbocycles. The smallest absolute Gasteiger partial charge is 0.0887 e. The Morgan fingerprint density at radius 2 is 1.36 bits per heavy atom. The van der Waals surface area contributed by atoms with E-state index >= 15 is 0 Å². The van der Waals surface area contributed by atoms with Crippen LogP contribution >= 0.6 is 0 Å². The largest absolute Gasteiger partial charge is 0.362 e. The molecule has 0 saturated carbocycles. The summed E-state index contributed by atoms with van der Waals surface area (Å²) in [5.74, 6) is 0. The molecule has 11 heavy (non-hydrogen) atoms. The normalized spacial score (nSPS) is 14.9. The Morgan fingerprint density at radius 3 is 1.45 bits per heavy atom. The fraction of sp³-hybridized carbons (Fsp3) is 0.778. The van der Waals surface area contributed by atoms with Gasteiger partial charge in [-0.1, -0.05) is 26.7 Å². The van der Waals surface area contributed by atoms with Gasteiger partial charge in [0.15, 0.2) is 0 Å². The van der Waals surface area contributed by atoms with Crippen LogP contribution in [0.2, 0.25) is 0 Å². The minimum absolute atomic E-state index is 1.03. The van der Waals surface area contributed by atoms with E-state index < -0.39 is 0 Å². The first-order valence-electron chi connectivity index (χ1n) is 4.29. The summed E-state index contributed by atoms with van der Waals surface area (Å²) in [6, 6.07) is 0. The van der Waals surface area contributed by atoms with Crippen LogP contribution in [0.25, 0.3) is 0 Å². The van der Waals surface area contributed by atoms with E-state index in [2.05, 4.69) is 50.1 Å². The minimum atomic E-state index is 1.03. The van der Waals surface area contributed by atoms with Crippen molar-refractivity contribution in [2.75, 3.05) is 20.8 Å². The highest BCUT2D eigenvalue weighted by Gasteiger charge is 1.99. The number of hydrogen-bond donors (Lipinski definition) is 0. The third-order valence-corrected chi connectivity index (χ3v) is 1.52. The molecule has 0 unspecified atom stereocenters. The highest BCUT2D eigenvalue weighted by atomic mass is 15.3. The van der Waals surface area contributed by atoms with E-state index in [0.29, 0.717) is 0 Å². The second-order valence-corrected chi connectivity index (χ2v) is 2.95. The van der Waals surface area contributed by atoms with Crippen LogP contribution in [0.3, 0.4) is 0 Å². The second kappa shape index (κ2) is 6.08. The lowest BCUT2D eigenvalue weighted by atomic mass is 10.4. The quantitative estimate of drug-likeness (QED) is 0.573. The Labute approximate surface area is 70.5 Å². The molecule has 1 aliphatic heterocycles. The Bertz CT molecular complexity index is 98.1. The zero-order chi connectivity index (χ0) is 8.69. The molecule has 1 heterocycles. The van der Waals surface area contributed by atoms with Crippen molar-refractivity contribution in [2.45, 2.75) is 26.7 Å².